The van der Waals surface area contributed by atoms with Crippen LogP contribution in [-0.2, 0) is 11.3 Å². The summed E-state index contributed by atoms with van der Waals surface area (Å²) in [6, 6.07) is 1.62. The zero-order valence-electron chi connectivity index (χ0n) is 10.4. The van der Waals surface area contributed by atoms with Crippen molar-refractivity contribution < 1.29 is 4.74 Å². The van der Waals surface area contributed by atoms with Crippen molar-refractivity contribution in [3.8, 4) is 0 Å². The first-order valence-electron chi connectivity index (χ1n) is 6.06. The van der Waals surface area contributed by atoms with Crippen molar-refractivity contribution in [3.05, 3.63) is 11.2 Å². The number of tetrazole rings is 1. The van der Waals surface area contributed by atoms with E-state index in [1.165, 1.54) is 11.8 Å². The number of nitrogens with zero attached hydrogens (tertiary/aromatic N) is 6. The monoisotopic (exact) mass is 313 g/mol. The maximum Gasteiger partial charge on any atom is 0.222 e. The largest absolute Gasteiger partial charge is 0.376 e. The van der Waals surface area contributed by atoms with Crippen LogP contribution in [0, 0.1) is 0 Å². The van der Waals surface area contributed by atoms with Gasteiger partial charge >= 0.3 is 0 Å². The molecular formula is C10H12ClN7OS. The fourth-order valence-electron chi connectivity index (χ4n) is 1.92. The van der Waals surface area contributed by atoms with Crippen molar-refractivity contribution in [3.63, 3.8) is 0 Å². The molecule has 2 N–H and O–H groups in total. The Morgan fingerprint density at radius 1 is 1.50 bits per heavy atom. The Morgan fingerprint density at radius 3 is 3.15 bits per heavy atom. The molecule has 0 spiro atoms. The lowest BCUT2D eigenvalue weighted by molar-refractivity contribution is 0.0912. The standard InChI is InChI=1S/C10H12ClN7OS/c11-7-4-8(14-9(12)13-7)20-10-15-16-17-18(10)5-6-2-1-3-19-6/h4,6H,1-3,5H2,(H2,12,13,14). The number of ether oxygens (including phenoxy) is 1. The molecule has 1 aliphatic heterocycles. The molecule has 2 aromatic rings. The van der Waals surface area contributed by atoms with Gasteiger partial charge in [0.2, 0.25) is 11.1 Å². The predicted molar refractivity (Wildman–Crippen MR) is 72.4 cm³/mol. The van der Waals surface area contributed by atoms with Crippen LogP contribution in [0.3, 0.4) is 0 Å². The second-order valence-corrected chi connectivity index (χ2v) is 5.64. The smallest absolute Gasteiger partial charge is 0.222 e. The lowest BCUT2D eigenvalue weighted by Crippen LogP contribution is -2.16. The fourth-order valence-corrected chi connectivity index (χ4v) is 2.97. The highest BCUT2D eigenvalue weighted by Crippen LogP contribution is 2.26. The van der Waals surface area contributed by atoms with Crippen LogP contribution in [0.2, 0.25) is 5.15 Å². The minimum absolute atomic E-state index is 0.123. The van der Waals surface area contributed by atoms with Gasteiger partial charge in [-0.15, -0.1) is 5.10 Å². The van der Waals surface area contributed by atoms with Gasteiger partial charge < -0.3 is 10.5 Å². The van der Waals surface area contributed by atoms with Crippen LogP contribution < -0.4 is 5.73 Å². The van der Waals surface area contributed by atoms with E-state index in [2.05, 4.69) is 25.5 Å². The lowest BCUT2D eigenvalue weighted by Gasteiger charge is -2.09. The second kappa shape index (κ2) is 5.90. The second-order valence-electron chi connectivity index (χ2n) is 4.27. The molecule has 8 nitrogen and oxygen atoms in total. The van der Waals surface area contributed by atoms with Crippen LogP contribution in [0.15, 0.2) is 16.2 Å². The first-order valence-corrected chi connectivity index (χ1v) is 7.26. The molecule has 1 unspecified atom stereocenters. The highest BCUT2D eigenvalue weighted by atomic mass is 35.5. The molecule has 106 valence electrons. The molecule has 0 aromatic carbocycles. The minimum Gasteiger partial charge on any atom is -0.376 e. The quantitative estimate of drug-likeness (QED) is 0.834. The molecule has 3 heterocycles. The van der Waals surface area contributed by atoms with Gasteiger partial charge in [0.25, 0.3) is 0 Å². The number of hydrogen-bond donors (Lipinski definition) is 1. The Balaban J connectivity index is 1.75. The molecule has 3 rings (SSSR count). The number of halogens is 1. The van der Waals surface area contributed by atoms with Gasteiger partial charge in [0, 0.05) is 12.7 Å². The fraction of sp³-hybridized carbons (Fsp3) is 0.500. The van der Waals surface area contributed by atoms with Crippen molar-refractivity contribution in [2.45, 2.75) is 35.7 Å². The van der Waals surface area contributed by atoms with E-state index in [9.17, 15) is 0 Å². The van der Waals surface area contributed by atoms with Crippen molar-refractivity contribution in [2.75, 3.05) is 12.3 Å². The number of nitrogen functional groups attached to an aromatic ring is 1. The highest BCUT2D eigenvalue weighted by molar-refractivity contribution is 7.99. The molecular weight excluding hydrogens is 302 g/mol. The van der Waals surface area contributed by atoms with Crippen molar-refractivity contribution >= 4 is 29.3 Å². The third-order valence-corrected chi connectivity index (χ3v) is 3.87. The van der Waals surface area contributed by atoms with Crippen molar-refractivity contribution in [1.29, 1.82) is 0 Å². The number of anilines is 1. The summed E-state index contributed by atoms with van der Waals surface area (Å²) in [5.41, 5.74) is 5.56. The van der Waals surface area contributed by atoms with Crippen molar-refractivity contribution in [1.82, 2.24) is 30.2 Å². The van der Waals surface area contributed by atoms with Crippen LogP contribution in [-0.4, -0.2) is 42.9 Å². The summed E-state index contributed by atoms with van der Waals surface area (Å²) in [4.78, 5) is 7.90. The summed E-state index contributed by atoms with van der Waals surface area (Å²) in [6.07, 6.45) is 2.26. The summed E-state index contributed by atoms with van der Waals surface area (Å²) >= 11 is 7.13. The first-order chi connectivity index (χ1) is 9.70. The van der Waals surface area contributed by atoms with E-state index < -0.39 is 0 Å². The summed E-state index contributed by atoms with van der Waals surface area (Å²) in [6.45, 7) is 1.43. The third kappa shape index (κ3) is 3.17. The van der Waals surface area contributed by atoms with Gasteiger partial charge in [0.05, 0.1) is 12.6 Å². The molecule has 20 heavy (non-hydrogen) atoms. The predicted octanol–water partition coefficient (Wildman–Crippen LogP) is 1.03. The highest BCUT2D eigenvalue weighted by Gasteiger charge is 2.19. The van der Waals surface area contributed by atoms with E-state index in [1.54, 1.807) is 10.7 Å². The van der Waals surface area contributed by atoms with Gasteiger partial charge in [-0.25, -0.2) is 14.6 Å². The number of aromatic nitrogens is 6. The third-order valence-electron chi connectivity index (χ3n) is 2.78. The van der Waals surface area contributed by atoms with Gasteiger partial charge in [-0.3, -0.25) is 0 Å². The molecule has 0 aliphatic carbocycles. The van der Waals surface area contributed by atoms with E-state index in [4.69, 9.17) is 22.1 Å². The van der Waals surface area contributed by atoms with Crippen LogP contribution in [0.4, 0.5) is 5.95 Å². The average molecular weight is 314 g/mol. The van der Waals surface area contributed by atoms with Crippen LogP contribution in [0.25, 0.3) is 0 Å². The van der Waals surface area contributed by atoms with Gasteiger partial charge in [-0.05, 0) is 35.0 Å². The summed E-state index contributed by atoms with van der Waals surface area (Å²) in [5, 5.41) is 13.1. The Morgan fingerprint density at radius 2 is 2.40 bits per heavy atom. The number of nitrogens with two attached hydrogens (primary N) is 1. The summed E-state index contributed by atoms with van der Waals surface area (Å²) in [7, 11) is 0. The summed E-state index contributed by atoms with van der Waals surface area (Å²) < 4.78 is 7.28. The van der Waals surface area contributed by atoms with E-state index >= 15 is 0 Å². The Kier molecular flexibility index (Phi) is 3.99. The molecule has 0 radical (unpaired) electrons. The van der Waals surface area contributed by atoms with Crippen molar-refractivity contribution in [2.24, 2.45) is 0 Å². The van der Waals surface area contributed by atoms with E-state index in [-0.39, 0.29) is 17.2 Å². The molecule has 1 atom stereocenters. The average Bonchev–Trinajstić information content (AvgIpc) is 3.01. The normalized spacial score (nSPS) is 18.6. The van der Waals surface area contributed by atoms with Gasteiger partial charge in [0.1, 0.15) is 10.2 Å². The number of rotatable bonds is 4. The van der Waals surface area contributed by atoms with E-state index in [1.807, 2.05) is 0 Å². The molecule has 0 bridgehead atoms. The molecule has 10 heteroatoms. The molecule has 0 saturated carbocycles. The summed E-state index contributed by atoms with van der Waals surface area (Å²) in [5.74, 6) is 0.123. The first kappa shape index (κ1) is 13.5. The van der Waals surface area contributed by atoms with E-state index in [0.29, 0.717) is 16.7 Å². The van der Waals surface area contributed by atoms with E-state index in [0.717, 1.165) is 19.4 Å². The molecule has 1 aliphatic rings. The minimum atomic E-state index is 0.123. The molecule has 1 fully saturated rings. The topological polar surface area (TPSA) is 105 Å². The lowest BCUT2D eigenvalue weighted by atomic mass is 10.2. The Labute approximate surface area is 124 Å². The maximum absolute atomic E-state index is 5.84. The van der Waals surface area contributed by atoms with Gasteiger partial charge in [-0.2, -0.15) is 0 Å². The van der Waals surface area contributed by atoms with Gasteiger partial charge in [0.15, 0.2) is 0 Å². The zero-order valence-corrected chi connectivity index (χ0v) is 12.0. The van der Waals surface area contributed by atoms with Crippen LogP contribution in [0.1, 0.15) is 12.8 Å². The molecule has 1 saturated heterocycles. The molecule has 0 amide bonds. The molecule has 2 aromatic heterocycles. The zero-order chi connectivity index (χ0) is 13.9. The van der Waals surface area contributed by atoms with Crippen LogP contribution in [0.5, 0.6) is 0 Å². The van der Waals surface area contributed by atoms with Crippen LogP contribution >= 0.6 is 23.4 Å². The Hall–Kier alpha value is -1.45. The van der Waals surface area contributed by atoms with Gasteiger partial charge in [-0.1, -0.05) is 11.6 Å². The SMILES string of the molecule is Nc1nc(Cl)cc(Sc2nnnn2CC2CCCO2)n1. The Bertz CT molecular complexity index is 581. The maximum atomic E-state index is 5.84. The number of hydrogen-bond acceptors (Lipinski definition) is 8.